The minimum absolute atomic E-state index is 0.00950. The minimum atomic E-state index is -1.57. The van der Waals surface area contributed by atoms with E-state index in [1.807, 2.05) is 0 Å². The van der Waals surface area contributed by atoms with Crippen LogP contribution in [0.2, 0.25) is 0 Å². The van der Waals surface area contributed by atoms with E-state index in [4.69, 9.17) is 18.7 Å². The molecule has 0 fully saturated rings. The molecule has 4 aromatic rings. The van der Waals surface area contributed by atoms with E-state index >= 15 is 0 Å². The Morgan fingerprint density at radius 2 is 1.70 bits per heavy atom. The molecule has 0 amide bonds. The number of carbonyl (C=O) groups excluding carboxylic acids is 1. The molecular weight excluding hydrogens is 403 g/mol. The maximum absolute atomic E-state index is 13.5. The smallest absolute Gasteiger partial charge is 0.343 e. The molecule has 2 heterocycles. The lowest BCUT2D eigenvalue weighted by atomic mass is 10.1. The van der Waals surface area contributed by atoms with Crippen molar-refractivity contribution in [2.75, 3.05) is 6.79 Å². The standard InChI is InChI=1S/C21H10F3NO5/c22-14-5-11(6-15(23)19(14)24)20-13-3-2-12(8-17(13)30-25-20)29-21(26)10-1-4-16-18(7-10)28-9-27-16/h1-8H,9H2. The van der Waals surface area contributed by atoms with Crippen molar-refractivity contribution in [2.45, 2.75) is 0 Å². The highest BCUT2D eigenvalue weighted by atomic mass is 19.2. The number of benzene rings is 3. The zero-order valence-corrected chi connectivity index (χ0v) is 14.9. The van der Waals surface area contributed by atoms with Gasteiger partial charge in [0.15, 0.2) is 34.5 Å². The lowest BCUT2D eigenvalue weighted by Crippen LogP contribution is -2.08. The number of hydrogen-bond donors (Lipinski definition) is 0. The second-order valence-electron chi connectivity index (χ2n) is 6.40. The number of ether oxygens (including phenoxy) is 3. The van der Waals surface area contributed by atoms with Gasteiger partial charge in [-0.2, -0.15) is 0 Å². The fourth-order valence-corrected chi connectivity index (χ4v) is 3.07. The van der Waals surface area contributed by atoms with E-state index in [2.05, 4.69) is 5.16 Å². The van der Waals surface area contributed by atoms with E-state index in [-0.39, 0.29) is 34.9 Å². The van der Waals surface area contributed by atoms with Crippen LogP contribution in [0.4, 0.5) is 13.2 Å². The first kappa shape index (κ1) is 18.0. The molecule has 0 saturated carbocycles. The van der Waals surface area contributed by atoms with Crippen LogP contribution in [0.3, 0.4) is 0 Å². The number of nitrogens with zero attached hydrogens (tertiary/aromatic N) is 1. The molecule has 0 saturated heterocycles. The summed E-state index contributed by atoms with van der Waals surface area (Å²) >= 11 is 0. The van der Waals surface area contributed by atoms with E-state index in [9.17, 15) is 18.0 Å². The van der Waals surface area contributed by atoms with E-state index in [0.717, 1.165) is 12.1 Å². The van der Waals surface area contributed by atoms with Gasteiger partial charge in [0.05, 0.1) is 5.56 Å². The van der Waals surface area contributed by atoms with Gasteiger partial charge >= 0.3 is 5.97 Å². The van der Waals surface area contributed by atoms with Crippen molar-refractivity contribution in [1.82, 2.24) is 5.16 Å². The summed E-state index contributed by atoms with van der Waals surface area (Å²) in [6.07, 6.45) is 0. The summed E-state index contributed by atoms with van der Waals surface area (Å²) < 4.78 is 61.2. The molecule has 0 aliphatic carbocycles. The molecule has 150 valence electrons. The monoisotopic (exact) mass is 413 g/mol. The molecule has 6 nitrogen and oxygen atoms in total. The average Bonchev–Trinajstić information content (AvgIpc) is 3.37. The Morgan fingerprint density at radius 1 is 0.933 bits per heavy atom. The van der Waals surface area contributed by atoms with Crippen molar-refractivity contribution in [3.8, 4) is 28.5 Å². The Hall–Kier alpha value is -4.01. The van der Waals surface area contributed by atoms with Crippen LogP contribution in [0.25, 0.3) is 22.2 Å². The van der Waals surface area contributed by atoms with Crippen LogP contribution >= 0.6 is 0 Å². The van der Waals surface area contributed by atoms with Crippen molar-refractivity contribution >= 4 is 16.9 Å². The fourth-order valence-electron chi connectivity index (χ4n) is 3.07. The molecule has 1 aliphatic rings. The quantitative estimate of drug-likeness (QED) is 0.271. The molecule has 0 radical (unpaired) electrons. The number of esters is 1. The number of halogens is 3. The van der Waals surface area contributed by atoms with Crippen LogP contribution in [0, 0.1) is 17.5 Å². The van der Waals surface area contributed by atoms with Crippen LogP contribution < -0.4 is 14.2 Å². The number of carbonyl (C=O) groups is 1. The third-order valence-electron chi connectivity index (χ3n) is 4.52. The molecule has 0 N–H and O–H groups in total. The average molecular weight is 413 g/mol. The lowest BCUT2D eigenvalue weighted by Gasteiger charge is -2.05. The third kappa shape index (κ3) is 3.00. The van der Waals surface area contributed by atoms with Crippen LogP contribution in [0.15, 0.2) is 53.1 Å². The Balaban J connectivity index is 1.43. The van der Waals surface area contributed by atoms with Crippen LogP contribution in [-0.4, -0.2) is 17.9 Å². The zero-order valence-electron chi connectivity index (χ0n) is 14.9. The highest BCUT2D eigenvalue weighted by molar-refractivity contribution is 5.94. The van der Waals surface area contributed by atoms with Gasteiger partial charge in [-0.25, -0.2) is 18.0 Å². The van der Waals surface area contributed by atoms with Crippen LogP contribution in [0.5, 0.6) is 17.2 Å². The molecule has 1 aromatic heterocycles. The first-order valence-corrected chi connectivity index (χ1v) is 8.66. The SMILES string of the molecule is O=C(Oc1ccc2c(-c3cc(F)c(F)c(F)c3)noc2c1)c1ccc2c(c1)OCO2. The maximum Gasteiger partial charge on any atom is 0.343 e. The Morgan fingerprint density at radius 3 is 2.50 bits per heavy atom. The van der Waals surface area contributed by atoms with E-state index in [0.29, 0.717) is 16.9 Å². The van der Waals surface area contributed by atoms with Crippen molar-refractivity contribution in [3.05, 3.63) is 71.5 Å². The molecule has 30 heavy (non-hydrogen) atoms. The van der Waals surface area contributed by atoms with Gasteiger partial charge in [0.25, 0.3) is 0 Å². The minimum Gasteiger partial charge on any atom is -0.454 e. The van der Waals surface area contributed by atoms with Gasteiger partial charge in [0.2, 0.25) is 6.79 Å². The molecular formula is C21H10F3NO5. The van der Waals surface area contributed by atoms with Gasteiger partial charge in [0, 0.05) is 17.0 Å². The topological polar surface area (TPSA) is 70.8 Å². The number of fused-ring (bicyclic) bond motifs is 2. The number of hydrogen-bond acceptors (Lipinski definition) is 6. The first-order valence-electron chi connectivity index (χ1n) is 8.66. The zero-order chi connectivity index (χ0) is 20.8. The Labute approximate surface area is 166 Å². The van der Waals surface area contributed by atoms with Gasteiger partial charge in [0.1, 0.15) is 11.4 Å². The molecule has 0 bridgehead atoms. The third-order valence-corrected chi connectivity index (χ3v) is 4.52. The van der Waals surface area contributed by atoms with Gasteiger partial charge in [-0.1, -0.05) is 5.16 Å². The molecule has 0 unspecified atom stereocenters. The van der Waals surface area contributed by atoms with E-state index < -0.39 is 23.4 Å². The highest BCUT2D eigenvalue weighted by Gasteiger charge is 2.19. The molecule has 9 heteroatoms. The van der Waals surface area contributed by atoms with Crippen molar-refractivity contribution < 1.29 is 36.7 Å². The van der Waals surface area contributed by atoms with Crippen molar-refractivity contribution in [3.63, 3.8) is 0 Å². The molecule has 5 rings (SSSR count). The summed E-state index contributed by atoms with van der Waals surface area (Å²) in [5, 5.41) is 4.20. The summed E-state index contributed by atoms with van der Waals surface area (Å²) in [7, 11) is 0. The summed E-state index contributed by atoms with van der Waals surface area (Å²) in [6, 6.07) is 10.7. The van der Waals surface area contributed by atoms with Gasteiger partial charge in [-0.3, -0.25) is 0 Å². The number of rotatable bonds is 3. The molecule has 0 atom stereocenters. The summed E-state index contributed by atoms with van der Waals surface area (Å²) in [6.45, 7) is 0.0835. The van der Waals surface area contributed by atoms with Gasteiger partial charge in [-0.05, 0) is 42.5 Å². The van der Waals surface area contributed by atoms with Crippen LogP contribution in [0.1, 0.15) is 10.4 Å². The summed E-state index contributed by atoms with van der Waals surface area (Å²) in [5.41, 5.74) is 0.604. The largest absolute Gasteiger partial charge is 0.454 e. The maximum atomic E-state index is 13.5. The normalized spacial score (nSPS) is 12.4. The predicted molar refractivity (Wildman–Crippen MR) is 96.8 cm³/mol. The molecule has 3 aromatic carbocycles. The first-order chi connectivity index (χ1) is 14.5. The molecule has 0 spiro atoms. The number of aromatic nitrogens is 1. The van der Waals surface area contributed by atoms with E-state index in [1.54, 1.807) is 12.1 Å². The summed E-state index contributed by atoms with van der Waals surface area (Å²) in [5.74, 6) is -3.72. The fraction of sp³-hybridized carbons (Fsp3) is 0.0476. The highest BCUT2D eigenvalue weighted by Crippen LogP contribution is 2.34. The van der Waals surface area contributed by atoms with Gasteiger partial charge < -0.3 is 18.7 Å². The van der Waals surface area contributed by atoms with Crippen molar-refractivity contribution in [2.24, 2.45) is 0 Å². The second kappa shape index (κ2) is 6.80. The van der Waals surface area contributed by atoms with Gasteiger partial charge in [-0.15, -0.1) is 0 Å². The molecule has 1 aliphatic heterocycles. The van der Waals surface area contributed by atoms with E-state index in [1.165, 1.54) is 24.3 Å². The Bertz CT molecular complexity index is 1290. The lowest BCUT2D eigenvalue weighted by molar-refractivity contribution is 0.0734. The van der Waals surface area contributed by atoms with Crippen LogP contribution in [-0.2, 0) is 0 Å². The predicted octanol–water partition coefficient (Wildman–Crippen LogP) is 4.86. The Kier molecular flexibility index (Phi) is 4.09. The second-order valence-corrected chi connectivity index (χ2v) is 6.40. The summed E-state index contributed by atoms with van der Waals surface area (Å²) in [4.78, 5) is 12.4. The van der Waals surface area contributed by atoms with Crippen molar-refractivity contribution in [1.29, 1.82) is 0 Å².